The Morgan fingerprint density at radius 1 is 1.40 bits per heavy atom. The second-order valence-electron chi connectivity index (χ2n) is 4.26. The quantitative estimate of drug-likeness (QED) is 0.643. The van der Waals surface area contributed by atoms with Gasteiger partial charge in [-0.25, -0.2) is 0 Å². The number of halogens is 4. The van der Waals surface area contributed by atoms with Crippen molar-refractivity contribution in [2.45, 2.75) is 26.1 Å². The van der Waals surface area contributed by atoms with Crippen molar-refractivity contribution in [1.29, 1.82) is 0 Å². The summed E-state index contributed by atoms with van der Waals surface area (Å²) in [5, 5.41) is 2.59. The van der Waals surface area contributed by atoms with Crippen LogP contribution >= 0.6 is 11.6 Å². The Hall–Kier alpha value is -1.27. The summed E-state index contributed by atoms with van der Waals surface area (Å²) in [6.45, 7) is 1.42. The molecule has 0 bridgehead atoms. The summed E-state index contributed by atoms with van der Waals surface area (Å²) in [6.07, 6.45) is -5.23. The molecule has 0 radical (unpaired) electrons. The van der Waals surface area contributed by atoms with Crippen LogP contribution in [0.25, 0.3) is 0 Å². The summed E-state index contributed by atoms with van der Waals surface area (Å²) < 4.78 is 40.9. The fourth-order valence-corrected chi connectivity index (χ4v) is 1.55. The lowest BCUT2D eigenvalue weighted by Gasteiger charge is -2.12. The minimum absolute atomic E-state index is 0.00570. The van der Waals surface area contributed by atoms with Crippen LogP contribution in [0.1, 0.15) is 17.5 Å². The van der Waals surface area contributed by atoms with Gasteiger partial charge in [0.25, 0.3) is 0 Å². The average Bonchev–Trinajstić information content (AvgIpc) is 2.35. The first-order valence-electron chi connectivity index (χ1n) is 5.91. The zero-order chi connectivity index (χ0) is 15.2. The van der Waals surface area contributed by atoms with Gasteiger partial charge < -0.3 is 10.1 Å². The Morgan fingerprint density at radius 2 is 2.10 bits per heavy atom. The van der Waals surface area contributed by atoms with E-state index in [1.54, 1.807) is 18.2 Å². The van der Waals surface area contributed by atoms with Gasteiger partial charge in [-0.1, -0.05) is 12.1 Å². The molecule has 1 N–H and O–H groups in total. The Kier molecular flexibility index (Phi) is 6.29. The van der Waals surface area contributed by atoms with Gasteiger partial charge in [-0.2, -0.15) is 13.2 Å². The highest BCUT2D eigenvalue weighted by Crippen LogP contribution is 2.21. The number of ether oxygens (including phenoxy) is 1. The standard InChI is InChI=1S/C13H15ClF3NO2/c1-9-2-3-10(8-20-5-4-13(15,16)17)11(6-9)18-12(19)7-14/h2-3,6H,4-5,7-8H2,1H3,(H,18,19). The van der Waals surface area contributed by atoms with E-state index >= 15 is 0 Å². The minimum Gasteiger partial charge on any atom is -0.376 e. The van der Waals surface area contributed by atoms with Crippen LogP contribution in [0.3, 0.4) is 0 Å². The second kappa shape index (κ2) is 7.50. The Labute approximate surface area is 120 Å². The number of hydrogen-bond donors (Lipinski definition) is 1. The molecule has 0 heterocycles. The molecule has 1 amide bonds. The summed E-state index contributed by atoms with van der Waals surface area (Å²) in [7, 11) is 0. The maximum atomic E-state index is 12.0. The average molecular weight is 310 g/mol. The second-order valence-corrected chi connectivity index (χ2v) is 4.53. The van der Waals surface area contributed by atoms with Gasteiger partial charge in [0.05, 0.1) is 19.6 Å². The van der Waals surface area contributed by atoms with Gasteiger partial charge >= 0.3 is 6.18 Å². The van der Waals surface area contributed by atoms with E-state index in [0.717, 1.165) is 5.56 Å². The van der Waals surface area contributed by atoms with Crippen LogP contribution in [0.15, 0.2) is 18.2 Å². The summed E-state index contributed by atoms with van der Waals surface area (Å²) in [4.78, 5) is 11.3. The molecule has 0 atom stereocenters. The van der Waals surface area contributed by atoms with E-state index in [1.807, 2.05) is 6.92 Å². The number of aryl methyl sites for hydroxylation is 1. The van der Waals surface area contributed by atoms with Crippen molar-refractivity contribution >= 4 is 23.2 Å². The van der Waals surface area contributed by atoms with Crippen molar-refractivity contribution in [3.05, 3.63) is 29.3 Å². The molecule has 20 heavy (non-hydrogen) atoms. The van der Waals surface area contributed by atoms with E-state index in [-0.39, 0.29) is 18.4 Å². The highest BCUT2D eigenvalue weighted by Gasteiger charge is 2.26. The van der Waals surface area contributed by atoms with Gasteiger partial charge in [0.1, 0.15) is 5.88 Å². The predicted octanol–water partition coefficient (Wildman–Crippen LogP) is 3.64. The number of hydrogen-bond acceptors (Lipinski definition) is 2. The minimum atomic E-state index is -4.23. The van der Waals surface area contributed by atoms with Crippen LogP contribution in [0.5, 0.6) is 0 Å². The summed E-state index contributed by atoms with van der Waals surface area (Å²) >= 11 is 5.40. The molecular formula is C13H15ClF3NO2. The first kappa shape index (κ1) is 16.8. The van der Waals surface area contributed by atoms with E-state index in [4.69, 9.17) is 16.3 Å². The lowest BCUT2D eigenvalue weighted by Crippen LogP contribution is -2.15. The molecule has 0 saturated heterocycles. The predicted molar refractivity (Wildman–Crippen MR) is 70.9 cm³/mol. The summed E-state index contributed by atoms with van der Waals surface area (Å²) in [6, 6.07) is 5.21. The monoisotopic (exact) mass is 309 g/mol. The zero-order valence-corrected chi connectivity index (χ0v) is 11.6. The van der Waals surface area contributed by atoms with Crippen molar-refractivity contribution in [3.8, 4) is 0 Å². The molecule has 0 unspecified atom stereocenters. The van der Waals surface area contributed by atoms with E-state index in [1.165, 1.54) is 0 Å². The third-order valence-corrected chi connectivity index (χ3v) is 2.69. The molecule has 0 aliphatic carbocycles. The number of rotatable bonds is 6. The van der Waals surface area contributed by atoms with Crippen LogP contribution in [0, 0.1) is 6.92 Å². The molecule has 0 aliphatic heterocycles. The van der Waals surface area contributed by atoms with E-state index < -0.39 is 19.2 Å². The fourth-order valence-electron chi connectivity index (χ4n) is 1.49. The van der Waals surface area contributed by atoms with Gasteiger partial charge in [0.2, 0.25) is 5.91 Å². The highest BCUT2D eigenvalue weighted by molar-refractivity contribution is 6.29. The largest absolute Gasteiger partial charge is 0.391 e. The number of carbonyl (C=O) groups excluding carboxylic acids is 1. The van der Waals surface area contributed by atoms with Crippen molar-refractivity contribution in [1.82, 2.24) is 0 Å². The smallest absolute Gasteiger partial charge is 0.376 e. The number of amides is 1. The maximum absolute atomic E-state index is 12.0. The SMILES string of the molecule is Cc1ccc(COCCC(F)(F)F)c(NC(=O)CCl)c1. The highest BCUT2D eigenvalue weighted by atomic mass is 35.5. The number of anilines is 1. The maximum Gasteiger partial charge on any atom is 0.391 e. The molecule has 0 fully saturated rings. The Balaban J connectivity index is 2.62. The molecule has 0 spiro atoms. The molecule has 1 aromatic carbocycles. The number of nitrogens with one attached hydrogen (secondary N) is 1. The van der Waals surface area contributed by atoms with Crippen molar-refractivity contribution in [2.24, 2.45) is 0 Å². The first-order valence-corrected chi connectivity index (χ1v) is 6.45. The van der Waals surface area contributed by atoms with Crippen molar-refractivity contribution < 1.29 is 22.7 Å². The normalized spacial score (nSPS) is 11.4. The molecule has 1 aromatic rings. The van der Waals surface area contributed by atoms with Gasteiger partial charge in [-0.15, -0.1) is 11.6 Å². The molecule has 0 saturated carbocycles. The van der Waals surface area contributed by atoms with Crippen molar-refractivity contribution in [2.75, 3.05) is 17.8 Å². The molecule has 0 aromatic heterocycles. The van der Waals surface area contributed by atoms with Crippen LogP contribution in [-0.4, -0.2) is 24.6 Å². The lowest BCUT2D eigenvalue weighted by atomic mass is 10.1. The van der Waals surface area contributed by atoms with Crippen LogP contribution < -0.4 is 5.32 Å². The Morgan fingerprint density at radius 3 is 2.70 bits per heavy atom. The van der Waals surface area contributed by atoms with Crippen molar-refractivity contribution in [3.63, 3.8) is 0 Å². The molecule has 3 nitrogen and oxygen atoms in total. The molecule has 0 aliphatic rings. The third-order valence-electron chi connectivity index (χ3n) is 2.45. The van der Waals surface area contributed by atoms with Gasteiger partial charge in [-0.3, -0.25) is 4.79 Å². The topological polar surface area (TPSA) is 38.3 Å². The zero-order valence-electron chi connectivity index (χ0n) is 10.9. The van der Waals surface area contributed by atoms with Crippen LogP contribution in [-0.2, 0) is 16.1 Å². The van der Waals surface area contributed by atoms with E-state index in [9.17, 15) is 18.0 Å². The third kappa shape index (κ3) is 6.25. The summed E-state index contributed by atoms with van der Waals surface area (Å²) in [5.74, 6) is -0.573. The van der Waals surface area contributed by atoms with Gasteiger partial charge in [-0.05, 0) is 18.6 Å². The van der Waals surface area contributed by atoms with E-state index in [0.29, 0.717) is 11.3 Å². The van der Waals surface area contributed by atoms with Gasteiger partial charge in [0.15, 0.2) is 0 Å². The Bertz CT molecular complexity index is 463. The van der Waals surface area contributed by atoms with Gasteiger partial charge in [0, 0.05) is 11.3 Å². The van der Waals surface area contributed by atoms with Crippen LogP contribution in [0.2, 0.25) is 0 Å². The summed E-state index contributed by atoms with van der Waals surface area (Å²) in [5.41, 5.74) is 2.02. The number of carbonyl (C=O) groups is 1. The number of alkyl halides is 4. The number of benzene rings is 1. The van der Waals surface area contributed by atoms with E-state index in [2.05, 4.69) is 5.32 Å². The lowest BCUT2D eigenvalue weighted by molar-refractivity contribution is -0.146. The molecular weight excluding hydrogens is 295 g/mol. The fraction of sp³-hybridized carbons (Fsp3) is 0.462. The molecule has 1 rings (SSSR count). The molecule has 7 heteroatoms. The molecule has 112 valence electrons. The first-order chi connectivity index (χ1) is 9.31. The van der Waals surface area contributed by atoms with Crippen LogP contribution in [0.4, 0.5) is 18.9 Å².